The van der Waals surface area contributed by atoms with E-state index >= 15 is 0 Å². The van der Waals surface area contributed by atoms with Crippen LogP contribution in [0.25, 0.3) is 16.7 Å². The molecule has 0 atom stereocenters. The lowest BCUT2D eigenvalue weighted by molar-refractivity contribution is -0.140. The minimum absolute atomic E-state index is 0.0351. The van der Waals surface area contributed by atoms with Crippen molar-refractivity contribution in [2.24, 2.45) is 7.05 Å². The second-order valence-corrected chi connectivity index (χ2v) is 6.65. The van der Waals surface area contributed by atoms with Gasteiger partial charge in [0.05, 0.1) is 24.1 Å². The molecule has 3 rings (SSSR count). The minimum atomic E-state index is -1.00. The maximum absolute atomic E-state index is 14.1. The number of nitriles is 1. The van der Waals surface area contributed by atoms with Gasteiger partial charge in [0.15, 0.2) is 17.2 Å². The molecule has 0 amide bonds. The second-order valence-electron chi connectivity index (χ2n) is 6.65. The van der Waals surface area contributed by atoms with Crippen molar-refractivity contribution in [2.75, 3.05) is 7.11 Å². The fourth-order valence-electron chi connectivity index (χ4n) is 3.48. The van der Waals surface area contributed by atoms with Crippen LogP contribution in [0.2, 0.25) is 0 Å². The van der Waals surface area contributed by atoms with E-state index in [1.165, 1.54) is 17.9 Å². The SMILES string of the molecule is COC(=O)CCc1c(C)nc2c(c1C)c(=O)n(-c1cc(C#N)cc(F)c1O)n2C. The highest BCUT2D eigenvalue weighted by atomic mass is 19.1. The van der Waals surface area contributed by atoms with Gasteiger partial charge in [-0.15, -0.1) is 0 Å². The highest BCUT2D eigenvalue weighted by Gasteiger charge is 2.23. The van der Waals surface area contributed by atoms with Crippen molar-refractivity contribution in [3.05, 3.63) is 50.7 Å². The van der Waals surface area contributed by atoms with E-state index in [0.29, 0.717) is 28.7 Å². The number of carbonyl (C=O) groups is 1. The van der Waals surface area contributed by atoms with E-state index in [2.05, 4.69) is 9.72 Å². The van der Waals surface area contributed by atoms with Crippen LogP contribution in [0.4, 0.5) is 4.39 Å². The molecule has 8 nitrogen and oxygen atoms in total. The number of rotatable bonds is 4. The van der Waals surface area contributed by atoms with Crippen LogP contribution in [0.5, 0.6) is 5.75 Å². The minimum Gasteiger partial charge on any atom is -0.503 e. The van der Waals surface area contributed by atoms with E-state index in [0.717, 1.165) is 16.3 Å². The average Bonchev–Trinajstić information content (AvgIpc) is 2.93. The molecule has 150 valence electrons. The zero-order valence-corrected chi connectivity index (χ0v) is 16.4. The molecule has 3 aromatic rings. The number of halogens is 1. The van der Waals surface area contributed by atoms with Gasteiger partial charge in [-0.05, 0) is 43.5 Å². The quantitative estimate of drug-likeness (QED) is 0.675. The third-order valence-electron chi connectivity index (χ3n) is 4.98. The molecule has 0 unspecified atom stereocenters. The molecule has 0 saturated heterocycles. The third-order valence-corrected chi connectivity index (χ3v) is 4.98. The van der Waals surface area contributed by atoms with Gasteiger partial charge in [0, 0.05) is 19.2 Å². The van der Waals surface area contributed by atoms with Gasteiger partial charge < -0.3 is 9.84 Å². The number of carbonyl (C=O) groups excluding carboxylic acids is 1. The maximum Gasteiger partial charge on any atom is 0.305 e. The van der Waals surface area contributed by atoms with Crippen LogP contribution < -0.4 is 5.56 Å². The van der Waals surface area contributed by atoms with Crippen molar-refractivity contribution in [1.29, 1.82) is 5.26 Å². The molecular weight excluding hydrogens is 379 g/mol. The summed E-state index contributed by atoms with van der Waals surface area (Å²) in [6.45, 7) is 3.52. The molecule has 0 fully saturated rings. The summed E-state index contributed by atoms with van der Waals surface area (Å²) in [5.74, 6) is -2.11. The van der Waals surface area contributed by atoms with Crippen LogP contribution in [0.3, 0.4) is 0 Å². The largest absolute Gasteiger partial charge is 0.503 e. The molecule has 0 aliphatic carbocycles. The Morgan fingerprint density at radius 1 is 1.38 bits per heavy atom. The lowest BCUT2D eigenvalue weighted by Crippen LogP contribution is -2.20. The summed E-state index contributed by atoms with van der Waals surface area (Å²) in [6, 6.07) is 3.93. The molecule has 0 bridgehead atoms. The number of fused-ring (bicyclic) bond motifs is 1. The monoisotopic (exact) mass is 398 g/mol. The Morgan fingerprint density at radius 2 is 2.07 bits per heavy atom. The molecule has 1 aromatic carbocycles. The summed E-state index contributed by atoms with van der Waals surface area (Å²) < 4.78 is 21.2. The van der Waals surface area contributed by atoms with Crippen LogP contribution in [0.15, 0.2) is 16.9 Å². The molecule has 0 radical (unpaired) electrons. The first-order chi connectivity index (χ1) is 13.7. The number of phenols is 1. The van der Waals surface area contributed by atoms with E-state index < -0.39 is 17.1 Å². The summed E-state index contributed by atoms with van der Waals surface area (Å²) in [4.78, 5) is 29.2. The molecular formula is C20H19FN4O4. The summed E-state index contributed by atoms with van der Waals surface area (Å²) >= 11 is 0. The number of nitrogens with zero attached hydrogens (tertiary/aromatic N) is 4. The molecule has 2 aromatic heterocycles. The standard InChI is InChI=1S/C20H19FN4O4/c1-10-13(5-6-16(26)29-4)11(2)23-19-17(10)20(28)25(24(19)3)15-8-12(9-22)7-14(21)18(15)27/h7-8,27H,5-6H2,1-4H3. The normalized spacial score (nSPS) is 10.9. The molecule has 2 heterocycles. The van der Waals surface area contributed by atoms with E-state index in [1.54, 1.807) is 27.0 Å². The van der Waals surface area contributed by atoms with Crippen molar-refractivity contribution < 1.29 is 19.0 Å². The van der Waals surface area contributed by atoms with Gasteiger partial charge in [-0.2, -0.15) is 5.26 Å². The predicted octanol–water partition coefficient (Wildman–Crippen LogP) is 2.16. The van der Waals surface area contributed by atoms with Gasteiger partial charge in [0.25, 0.3) is 5.56 Å². The van der Waals surface area contributed by atoms with Crippen LogP contribution in [0, 0.1) is 31.0 Å². The molecule has 0 aliphatic rings. The highest BCUT2D eigenvalue weighted by molar-refractivity contribution is 5.81. The Kier molecular flexibility index (Phi) is 5.12. The van der Waals surface area contributed by atoms with E-state index in [9.17, 15) is 19.1 Å². The maximum atomic E-state index is 14.1. The zero-order chi connectivity index (χ0) is 21.5. The smallest absolute Gasteiger partial charge is 0.305 e. The molecule has 1 N–H and O–H groups in total. The zero-order valence-electron chi connectivity index (χ0n) is 16.4. The Labute approximate surface area is 165 Å². The number of hydrogen-bond donors (Lipinski definition) is 1. The number of phenolic OH excluding ortho intramolecular Hbond substituents is 1. The molecule has 9 heteroatoms. The van der Waals surface area contributed by atoms with Crippen molar-refractivity contribution >= 4 is 17.0 Å². The second kappa shape index (κ2) is 7.39. The summed E-state index contributed by atoms with van der Waals surface area (Å²) in [7, 11) is 2.86. The lowest BCUT2D eigenvalue weighted by atomic mass is 10.0. The first-order valence-electron chi connectivity index (χ1n) is 8.78. The third kappa shape index (κ3) is 3.23. The number of benzene rings is 1. The van der Waals surface area contributed by atoms with Gasteiger partial charge in [-0.3, -0.25) is 14.3 Å². The Morgan fingerprint density at radius 3 is 2.69 bits per heavy atom. The fourth-order valence-corrected chi connectivity index (χ4v) is 3.48. The predicted molar refractivity (Wildman–Crippen MR) is 102 cm³/mol. The summed E-state index contributed by atoms with van der Waals surface area (Å²) in [6.07, 6.45) is 0.494. The van der Waals surface area contributed by atoms with Crippen LogP contribution in [0.1, 0.15) is 28.8 Å². The lowest BCUT2D eigenvalue weighted by Gasteiger charge is -2.11. The Bertz CT molecular complexity index is 1250. The van der Waals surface area contributed by atoms with E-state index in [1.807, 2.05) is 0 Å². The first kappa shape index (κ1) is 20.1. The molecule has 0 saturated carbocycles. The number of ether oxygens (including phenoxy) is 1. The fraction of sp³-hybridized carbons (Fsp3) is 0.300. The van der Waals surface area contributed by atoms with Gasteiger partial charge in [0.2, 0.25) is 0 Å². The number of hydrogen-bond acceptors (Lipinski definition) is 6. The first-order valence-corrected chi connectivity index (χ1v) is 8.78. The number of aromatic nitrogens is 3. The van der Waals surface area contributed by atoms with Gasteiger partial charge >= 0.3 is 5.97 Å². The van der Waals surface area contributed by atoms with Crippen molar-refractivity contribution in [3.63, 3.8) is 0 Å². The topological polar surface area (TPSA) is 110 Å². The molecule has 0 spiro atoms. The van der Waals surface area contributed by atoms with E-state index in [-0.39, 0.29) is 23.6 Å². The number of aryl methyl sites for hydroxylation is 3. The number of pyridine rings is 1. The van der Waals surface area contributed by atoms with Crippen molar-refractivity contribution in [2.45, 2.75) is 26.7 Å². The van der Waals surface area contributed by atoms with Crippen LogP contribution in [-0.4, -0.2) is 32.5 Å². The highest BCUT2D eigenvalue weighted by Crippen LogP contribution is 2.28. The Hall–Kier alpha value is -3.67. The summed E-state index contributed by atoms with van der Waals surface area (Å²) in [5.41, 5.74) is 1.68. The van der Waals surface area contributed by atoms with E-state index in [4.69, 9.17) is 5.26 Å². The number of aromatic hydroxyl groups is 1. The summed E-state index contributed by atoms with van der Waals surface area (Å²) in [5, 5.41) is 19.6. The van der Waals surface area contributed by atoms with Crippen LogP contribution >= 0.6 is 0 Å². The van der Waals surface area contributed by atoms with Crippen molar-refractivity contribution in [1.82, 2.24) is 14.3 Å². The number of esters is 1. The molecule has 0 aliphatic heterocycles. The van der Waals surface area contributed by atoms with Crippen LogP contribution in [-0.2, 0) is 23.0 Å². The van der Waals surface area contributed by atoms with Gasteiger partial charge in [-0.1, -0.05) is 0 Å². The number of methoxy groups -OCH3 is 1. The Balaban J connectivity index is 2.30. The van der Waals surface area contributed by atoms with Crippen molar-refractivity contribution in [3.8, 4) is 17.5 Å². The molecule has 29 heavy (non-hydrogen) atoms. The van der Waals surface area contributed by atoms with Gasteiger partial charge in [-0.25, -0.2) is 14.1 Å². The average molecular weight is 398 g/mol. The van der Waals surface area contributed by atoms with Gasteiger partial charge in [0.1, 0.15) is 5.69 Å².